The molecule has 1 unspecified atom stereocenters. The molecule has 0 aliphatic heterocycles. The number of rotatable bonds is 2. The molecule has 132 valence electrons. The Labute approximate surface area is 150 Å². The molecule has 2 nitrogen and oxygen atoms in total. The molecule has 4 aliphatic carbocycles. The molecule has 0 bridgehead atoms. The number of ether oxygens (including phenoxy) is 1. The summed E-state index contributed by atoms with van der Waals surface area (Å²) in [6.07, 6.45) is 9.44. The first-order valence-corrected chi connectivity index (χ1v) is 9.69. The van der Waals surface area contributed by atoms with Crippen LogP contribution in [0.25, 0.3) is 0 Å². The monoisotopic (exact) mass is 336 g/mol. The first-order valence-electron chi connectivity index (χ1n) is 9.69. The Bertz CT molecular complexity index is 788. The van der Waals surface area contributed by atoms with E-state index in [1.54, 1.807) is 0 Å². The van der Waals surface area contributed by atoms with Gasteiger partial charge in [0.1, 0.15) is 5.60 Å². The average Bonchev–Trinajstić information content (AvgIpc) is 3.34. The summed E-state index contributed by atoms with van der Waals surface area (Å²) in [4.78, 5) is 12.8. The van der Waals surface area contributed by atoms with Gasteiger partial charge in [0, 0.05) is 16.7 Å². The lowest BCUT2D eigenvalue weighted by Gasteiger charge is -2.32. The number of hydrogen-bond acceptors (Lipinski definition) is 2. The van der Waals surface area contributed by atoms with Crippen LogP contribution < -0.4 is 0 Å². The van der Waals surface area contributed by atoms with E-state index in [2.05, 4.69) is 49.4 Å². The van der Waals surface area contributed by atoms with Crippen molar-refractivity contribution in [3.8, 4) is 0 Å². The Hall–Kier alpha value is -1.57. The van der Waals surface area contributed by atoms with Crippen molar-refractivity contribution in [3.05, 3.63) is 48.0 Å². The highest BCUT2D eigenvalue weighted by Crippen LogP contribution is 2.94. The molecule has 0 amide bonds. The van der Waals surface area contributed by atoms with Gasteiger partial charge in [-0.15, -0.1) is 0 Å². The van der Waals surface area contributed by atoms with Crippen molar-refractivity contribution in [2.24, 2.45) is 22.2 Å². The molecule has 0 saturated heterocycles. The van der Waals surface area contributed by atoms with Crippen molar-refractivity contribution < 1.29 is 9.53 Å². The molecule has 0 radical (unpaired) electrons. The van der Waals surface area contributed by atoms with E-state index in [0.29, 0.717) is 11.3 Å². The van der Waals surface area contributed by atoms with E-state index < -0.39 is 5.41 Å². The highest BCUT2D eigenvalue weighted by molar-refractivity contribution is 5.77. The van der Waals surface area contributed by atoms with Crippen molar-refractivity contribution in [2.75, 3.05) is 0 Å². The van der Waals surface area contributed by atoms with Gasteiger partial charge in [-0.05, 0) is 57.4 Å². The second-order valence-corrected chi connectivity index (χ2v) is 10.2. The predicted octanol–water partition coefficient (Wildman–Crippen LogP) is 5.03. The van der Waals surface area contributed by atoms with Gasteiger partial charge in [-0.2, -0.15) is 0 Å². The van der Waals surface area contributed by atoms with Gasteiger partial charge in [0.25, 0.3) is 0 Å². The molecule has 0 heterocycles. The molecule has 1 aromatic carbocycles. The number of carbonyl (C=O) groups excluding carboxylic acids is 1. The third-order valence-electron chi connectivity index (χ3n) is 7.75. The lowest BCUT2D eigenvalue weighted by Crippen LogP contribution is -2.35. The second-order valence-electron chi connectivity index (χ2n) is 10.2. The maximum Gasteiger partial charge on any atom is 0.311 e. The molecular formula is C23H28O2. The Morgan fingerprint density at radius 3 is 2.56 bits per heavy atom. The van der Waals surface area contributed by atoms with E-state index in [1.807, 2.05) is 20.8 Å². The largest absolute Gasteiger partial charge is 0.458 e. The van der Waals surface area contributed by atoms with Crippen LogP contribution in [0, 0.1) is 22.2 Å². The highest BCUT2D eigenvalue weighted by Gasteiger charge is 2.96. The number of esters is 1. The van der Waals surface area contributed by atoms with Gasteiger partial charge >= 0.3 is 5.97 Å². The van der Waals surface area contributed by atoms with Crippen LogP contribution >= 0.6 is 0 Å². The molecule has 0 aromatic heterocycles. The van der Waals surface area contributed by atoms with Crippen molar-refractivity contribution in [2.45, 2.75) is 64.4 Å². The minimum absolute atomic E-state index is 0.0379. The van der Waals surface area contributed by atoms with Crippen molar-refractivity contribution in [3.63, 3.8) is 0 Å². The molecule has 1 aromatic rings. The molecular weight excluding hydrogens is 308 g/mol. The van der Waals surface area contributed by atoms with Crippen LogP contribution in [-0.2, 0) is 14.9 Å². The van der Waals surface area contributed by atoms with Crippen LogP contribution in [0.3, 0.4) is 0 Å². The standard InChI is InChI=1S/C23H28O2/c1-19(2,3)18(24)25-23-15-20(23,4)14-21-12-8-9-13-22(21,17(21)23)16-10-6-5-7-11-16/h5-7,9-11,13,17H,8,12,14-15H2,1-4H3/t17-,20-,21?,22-,23+/m0/s1. The Balaban J connectivity index is 1.59. The van der Waals surface area contributed by atoms with Gasteiger partial charge in [0.15, 0.2) is 0 Å². The normalized spacial score (nSPS) is 46.0. The lowest BCUT2D eigenvalue weighted by atomic mass is 9.74. The maximum atomic E-state index is 12.8. The Morgan fingerprint density at radius 2 is 1.88 bits per heavy atom. The minimum atomic E-state index is -0.441. The zero-order chi connectivity index (χ0) is 17.7. The molecule has 4 aliphatic rings. The van der Waals surface area contributed by atoms with Gasteiger partial charge in [0.05, 0.1) is 5.41 Å². The molecule has 1 spiro atoms. The van der Waals surface area contributed by atoms with Crippen LogP contribution in [0.1, 0.15) is 58.9 Å². The number of allylic oxidation sites excluding steroid dienone is 2. The number of carbonyl (C=O) groups is 1. The topological polar surface area (TPSA) is 26.3 Å². The summed E-state index contributed by atoms with van der Waals surface area (Å²) in [6.45, 7) is 8.23. The Kier molecular flexibility index (Phi) is 2.64. The van der Waals surface area contributed by atoms with Crippen molar-refractivity contribution in [1.29, 1.82) is 0 Å². The molecule has 2 heteroatoms. The van der Waals surface area contributed by atoms with E-state index in [-0.39, 0.29) is 22.4 Å². The number of hydrogen-bond donors (Lipinski definition) is 0. The van der Waals surface area contributed by atoms with Crippen LogP contribution in [-0.4, -0.2) is 11.6 Å². The van der Waals surface area contributed by atoms with Crippen LogP contribution in [0.2, 0.25) is 0 Å². The quantitative estimate of drug-likeness (QED) is 0.559. The third kappa shape index (κ3) is 1.60. The second kappa shape index (κ2) is 4.22. The summed E-state index contributed by atoms with van der Waals surface area (Å²) >= 11 is 0. The molecule has 0 N–H and O–H groups in total. The van der Waals surface area contributed by atoms with Crippen molar-refractivity contribution >= 4 is 5.97 Å². The number of fused-ring (bicyclic) bond motifs is 3. The third-order valence-corrected chi connectivity index (χ3v) is 7.75. The fourth-order valence-corrected chi connectivity index (χ4v) is 6.69. The lowest BCUT2D eigenvalue weighted by molar-refractivity contribution is -0.164. The first-order chi connectivity index (χ1) is 11.7. The van der Waals surface area contributed by atoms with E-state index in [1.165, 1.54) is 18.4 Å². The van der Waals surface area contributed by atoms with Crippen LogP contribution in [0.5, 0.6) is 0 Å². The van der Waals surface area contributed by atoms with E-state index in [0.717, 1.165) is 12.8 Å². The zero-order valence-corrected chi connectivity index (χ0v) is 15.8. The molecule has 5 atom stereocenters. The van der Waals surface area contributed by atoms with Gasteiger partial charge in [-0.1, -0.05) is 49.4 Å². The maximum absolute atomic E-state index is 12.8. The Morgan fingerprint density at radius 1 is 1.16 bits per heavy atom. The molecule has 5 rings (SSSR count). The molecule has 3 saturated carbocycles. The SMILES string of the molecule is CC(C)(C)C(=O)O[C@@]12C[C@]1(C)CC13CCC=C[C@]1(c1ccccc1)[C@H]32. The molecule has 3 fully saturated rings. The summed E-state index contributed by atoms with van der Waals surface area (Å²) in [5.74, 6) is 0.411. The summed E-state index contributed by atoms with van der Waals surface area (Å²) < 4.78 is 6.35. The van der Waals surface area contributed by atoms with Gasteiger partial charge in [-0.3, -0.25) is 4.79 Å². The smallest absolute Gasteiger partial charge is 0.311 e. The fourth-order valence-electron chi connectivity index (χ4n) is 6.69. The van der Waals surface area contributed by atoms with E-state index in [4.69, 9.17) is 4.74 Å². The average molecular weight is 336 g/mol. The van der Waals surface area contributed by atoms with Crippen LogP contribution in [0.4, 0.5) is 0 Å². The fraction of sp³-hybridized carbons (Fsp3) is 0.609. The van der Waals surface area contributed by atoms with E-state index in [9.17, 15) is 4.79 Å². The first kappa shape index (κ1) is 15.7. The summed E-state index contributed by atoms with van der Waals surface area (Å²) in [5, 5.41) is 0. The van der Waals surface area contributed by atoms with Crippen LogP contribution in [0.15, 0.2) is 42.5 Å². The molecule has 25 heavy (non-hydrogen) atoms. The van der Waals surface area contributed by atoms with Gasteiger partial charge in [-0.25, -0.2) is 0 Å². The predicted molar refractivity (Wildman–Crippen MR) is 98.0 cm³/mol. The highest BCUT2D eigenvalue weighted by atomic mass is 16.6. The van der Waals surface area contributed by atoms with Gasteiger partial charge < -0.3 is 4.74 Å². The van der Waals surface area contributed by atoms with Gasteiger partial charge in [0.2, 0.25) is 0 Å². The number of benzene rings is 1. The van der Waals surface area contributed by atoms with Crippen molar-refractivity contribution in [1.82, 2.24) is 0 Å². The summed E-state index contributed by atoms with van der Waals surface area (Å²) in [6, 6.07) is 10.9. The van der Waals surface area contributed by atoms with E-state index >= 15 is 0 Å². The zero-order valence-electron chi connectivity index (χ0n) is 15.8. The summed E-state index contributed by atoms with van der Waals surface area (Å²) in [5.41, 5.74) is 1.29. The summed E-state index contributed by atoms with van der Waals surface area (Å²) in [7, 11) is 0. The minimum Gasteiger partial charge on any atom is -0.458 e.